The number of aliphatic hydroxyl groups is 1. The molecule has 0 aromatic heterocycles. The van der Waals surface area contributed by atoms with E-state index in [4.69, 9.17) is 9.84 Å². The first-order valence-corrected chi connectivity index (χ1v) is 7.56. The summed E-state index contributed by atoms with van der Waals surface area (Å²) in [5.41, 5.74) is 1.68. The predicted octanol–water partition coefficient (Wildman–Crippen LogP) is 2.75. The monoisotopic (exact) mass is 293 g/mol. The predicted molar refractivity (Wildman–Crippen MR) is 84.2 cm³/mol. The molecule has 0 saturated heterocycles. The van der Waals surface area contributed by atoms with Crippen LogP contribution in [0.25, 0.3) is 0 Å². The number of hydrogen-bond donors (Lipinski definition) is 2. The summed E-state index contributed by atoms with van der Waals surface area (Å²) in [6.45, 7) is 8.69. The topological polar surface area (TPSA) is 58.6 Å². The van der Waals surface area contributed by atoms with E-state index in [0.29, 0.717) is 24.5 Å². The van der Waals surface area contributed by atoms with Gasteiger partial charge in [-0.15, -0.1) is 0 Å². The maximum atomic E-state index is 12.2. The van der Waals surface area contributed by atoms with E-state index < -0.39 is 0 Å². The zero-order chi connectivity index (χ0) is 15.8. The summed E-state index contributed by atoms with van der Waals surface area (Å²) in [4.78, 5) is 12.2. The molecule has 1 atom stereocenters. The van der Waals surface area contributed by atoms with Crippen molar-refractivity contribution in [2.75, 3.05) is 6.61 Å². The molecule has 1 rings (SSSR count). The van der Waals surface area contributed by atoms with Crippen LogP contribution >= 0.6 is 0 Å². The molecule has 0 spiro atoms. The molecule has 4 heteroatoms. The van der Waals surface area contributed by atoms with Crippen LogP contribution in [0, 0.1) is 5.92 Å². The fraction of sp³-hybridized carbons (Fsp3) is 0.588. The Morgan fingerprint density at radius 2 is 1.81 bits per heavy atom. The second kappa shape index (κ2) is 8.80. The van der Waals surface area contributed by atoms with Gasteiger partial charge in [-0.3, -0.25) is 4.79 Å². The molecule has 2 N–H and O–H groups in total. The lowest BCUT2D eigenvalue weighted by Gasteiger charge is -2.21. The van der Waals surface area contributed by atoms with Gasteiger partial charge >= 0.3 is 0 Å². The molecule has 0 bridgehead atoms. The highest BCUT2D eigenvalue weighted by atomic mass is 16.5. The second-order valence-electron chi connectivity index (χ2n) is 5.89. The average molecular weight is 293 g/mol. The summed E-state index contributed by atoms with van der Waals surface area (Å²) in [6.07, 6.45) is 0.766. The molecule has 21 heavy (non-hydrogen) atoms. The number of amides is 1. The minimum absolute atomic E-state index is 0.00792. The van der Waals surface area contributed by atoms with E-state index in [1.165, 1.54) is 0 Å². The van der Waals surface area contributed by atoms with Gasteiger partial charge < -0.3 is 15.2 Å². The third-order valence-corrected chi connectivity index (χ3v) is 3.36. The van der Waals surface area contributed by atoms with Gasteiger partial charge in [0.2, 0.25) is 0 Å². The van der Waals surface area contributed by atoms with E-state index in [2.05, 4.69) is 5.32 Å². The molecular weight excluding hydrogens is 266 g/mol. The van der Waals surface area contributed by atoms with Crippen LogP contribution in [-0.4, -0.2) is 29.8 Å². The Balaban J connectivity index is 2.61. The Hall–Kier alpha value is -1.39. The van der Waals surface area contributed by atoms with Gasteiger partial charge in [0, 0.05) is 18.2 Å². The van der Waals surface area contributed by atoms with Gasteiger partial charge in [0.05, 0.1) is 12.7 Å². The molecule has 1 amide bonds. The number of carbonyl (C=O) groups excluding carboxylic acids is 1. The maximum Gasteiger partial charge on any atom is 0.251 e. The molecule has 0 aliphatic carbocycles. The van der Waals surface area contributed by atoms with E-state index in [-0.39, 0.29) is 24.7 Å². The van der Waals surface area contributed by atoms with Crippen molar-refractivity contribution in [3.63, 3.8) is 0 Å². The van der Waals surface area contributed by atoms with Crippen molar-refractivity contribution in [2.24, 2.45) is 5.92 Å². The van der Waals surface area contributed by atoms with Crippen molar-refractivity contribution in [2.45, 2.75) is 52.9 Å². The summed E-state index contributed by atoms with van der Waals surface area (Å²) >= 11 is 0. The molecule has 4 nitrogen and oxygen atoms in total. The first-order chi connectivity index (χ1) is 9.93. The highest BCUT2D eigenvalue weighted by Crippen LogP contribution is 2.10. The fourth-order valence-electron chi connectivity index (χ4n) is 1.98. The van der Waals surface area contributed by atoms with Gasteiger partial charge in [-0.05, 0) is 43.9 Å². The first-order valence-electron chi connectivity index (χ1n) is 7.56. The van der Waals surface area contributed by atoms with Gasteiger partial charge in [0.1, 0.15) is 0 Å². The van der Waals surface area contributed by atoms with Crippen LogP contribution in [0.2, 0.25) is 0 Å². The third kappa shape index (κ3) is 6.27. The molecule has 118 valence electrons. The van der Waals surface area contributed by atoms with Crippen molar-refractivity contribution in [1.82, 2.24) is 5.32 Å². The molecule has 0 fully saturated rings. The van der Waals surface area contributed by atoms with Crippen LogP contribution in [0.5, 0.6) is 0 Å². The van der Waals surface area contributed by atoms with Gasteiger partial charge in [0.25, 0.3) is 5.91 Å². The molecule has 1 aromatic carbocycles. The van der Waals surface area contributed by atoms with Crippen LogP contribution in [0.4, 0.5) is 0 Å². The van der Waals surface area contributed by atoms with Crippen LogP contribution in [0.1, 0.15) is 50.0 Å². The number of aliphatic hydroxyl groups excluding tert-OH is 1. The Morgan fingerprint density at radius 3 is 2.29 bits per heavy atom. The Kier molecular flexibility index (Phi) is 7.40. The van der Waals surface area contributed by atoms with Crippen molar-refractivity contribution >= 4 is 5.91 Å². The molecule has 0 saturated carbocycles. The summed E-state index contributed by atoms with van der Waals surface area (Å²) in [5, 5.41) is 12.0. The number of carbonyl (C=O) groups is 1. The van der Waals surface area contributed by atoms with Gasteiger partial charge in [0.15, 0.2) is 0 Å². The summed E-state index contributed by atoms with van der Waals surface area (Å²) in [6, 6.07) is 7.43. The molecule has 1 aromatic rings. The fourth-order valence-corrected chi connectivity index (χ4v) is 1.98. The normalized spacial score (nSPS) is 12.7. The molecule has 0 heterocycles. The smallest absolute Gasteiger partial charge is 0.251 e. The third-order valence-electron chi connectivity index (χ3n) is 3.36. The zero-order valence-corrected chi connectivity index (χ0v) is 13.4. The minimum atomic E-state index is -0.0986. The first kappa shape index (κ1) is 17.7. The summed E-state index contributed by atoms with van der Waals surface area (Å²) < 4.78 is 5.53. The number of rotatable bonds is 8. The number of hydrogen-bond acceptors (Lipinski definition) is 3. The van der Waals surface area contributed by atoms with Crippen molar-refractivity contribution in [3.05, 3.63) is 35.4 Å². The molecule has 0 radical (unpaired) electrons. The Labute approximate surface area is 127 Å². The number of ether oxygens (including phenoxy) is 1. The number of nitrogens with one attached hydrogen (secondary N) is 1. The lowest BCUT2D eigenvalue weighted by Crippen LogP contribution is -2.39. The maximum absolute atomic E-state index is 12.2. The van der Waals surface area contributed by atoms with Crippen LogP contribution in [0.15, 0.2) is 24.3 Å². The number of benzene rings is 1. The van der Waals surface area contributed by atoms with Crippen molar-refractivity contribution in [3.8, 4) is 0 Å². The van der Waals surface area contributed by atoms with Crippen LogP contribution in [-0.2, 0) is 11.3 Å². The molecule has 0 aliphatic heterocycles. The van der Waals surface area contributed by atoms with E-state index in [9.17, 15) is 4.79 Å². The van der Waals surface area contributed by atoms with E-state index in [1.807, 2.05) is 52.0 Å². The SMILES string of the molecule is CC(C)OCc1ccc(C(=O)NC(CCO)C(C)C)cc1. The highest BCUT2D eigenvalue weighted by molar-refractivity contribution is 5.94. The second-order valence-corrected chi connectivity index (χ2v) is 5.89. The molecule has 1 unspecified atom stereocenters. The summed E-state index contributed by atoms with van der Waals surface area (Å²) in [7, 11) is 0. The Morgan fingerprint density at radius 1 is 1.19 bits per heavy atom. The Bertz CT molecular complexity index is 426. The average Bonchev–Trinajstić information content (AvgIpc) is 2.45. The van der Waals surface area contributed by atoms with E-state index in [0.717, 1.165) is 5.56 Å². The lowest BCUT2D eigenvalue weighted by atomic mass is 10.0. The molecular formula is C17H27NO3. The largest absolute Gasteiger partial charge is 0.396 e. The summed E-state index contributed by atoms with van der Waals surface area (Å²) in [5.74, 6) is 0.193. The van der Waals surface area contributed by atoms with Gasteiger partial charge in [-0.25, -0.2) is 0 Å². The van der Waals surface area contributed by atoms with Crippen LogP contribution in [0.3, 0.4) is 0 Å². The quantitative estimate of drug-likeness (QED) is 0.775. The molecule has 0 aliphatic rings. The van der Waals surface area contributed by atoms with E-state index >= 15 is 0 Å². The minimum Gasteiger partial charge on any atom is -0.396 e. The lowest BCUT2D eigenvalue weighted by molar-refractivity contribution is 0.0656. The standard InChI is InChI=1S/C17H27NO3/c1-12(2)16(9-10-19)18-17(20)15-7-5-14(6-8-15)11-21-13(3)4/h5-8,12-13,16,19H,9-11H2,1-4H3,(H,18,20). The van der Waals surface area contributed by atoms with E-state index in [1.54, 1.807) is 0 Å². The van der Waals surface area contributed by atoms with Gasteiger partial charge in [-0.2, -0.15) is 0 Å². The van der Waals surface area contributed by atoms with Crippen LogP contribution < -0.4 is 5.32 Å². The zero-order valence-electron chi connectivity index (χ0n) is 13.4. The van der Waals surface area contributed by atoms with Crippen molar-refractivity contribution in [1.29, 1.82) is 0 Å². The highest BCUT2D eigenvalue weighted by Gasteiger charge is 2.16. The van der Waals surface area contributed by atoms with Crippen molar-refractivity contribution < 1.29 is 14.6 Å². The van der Waals surface area contributed by atoms with Gasteiger partial charge in [-0.1, -0.05) is 26.0 Å².